The van der Waals surface area contributed by atoms with Crippen LogP contribution < -0.4 is 10.6 Å². The Morgan fingerprint density at radius 2 is 2.35 bits per heavy atom. The number of amidine groups is 1. The summed E-state index contributed by atoms with van der Waals surface area (Å²) in [5.41, 5.74) is 6.34. The van der Waals surface area contributed by atoms with Crippen LogP contribution in [0.4, 0.5) is 5.82 Å². The third-order valence-electron chi connectivity index (χ3n) is 4.93. The van der Waals surface area contributed by atoms with Gasteiger partial charge in [-0.1, -0.05) is 11.6 Å². The molecular formula is C15H22N4O. The second-order valence-corrected chi connectivity index (χ2v) is 6.20. The normalized spacial score (nSPS) is 28.9. The molecule has 2 aliphatic carbocycles. The van der Waals surface area contributed by atoms with Crippen molar-refractivity contribution in [2.45, 2.75) is 25.7 Å². The number of hydrogen-bond donors (Lipinski definition) is 2. The highest BCUT2D eigenvalue weighted by atomic mass is 16.4. The number of nitrogens with two attached hydrogens (primary N) is 1. The summed E-state index contributed by atoms with van der Waals surface area (Å²) in [5, 5.41) is 11.8. The van der Waals surface area contributed by atoms with Gasteiger partial charge in [0, 0.05) is 25.4 Å². The summed E-state index contributed by atoms with van der Waals surface area (Å²) < 4.78 is 0. The van der Waals surface area contributed by atoms with Crippen LogP contribution in [0.2, 0.25) is 0 Å². The van der Waals surface area contributed by atoms with Crippen molar-refractivity contribution in [3.63, 3.8) is 0 Å². The van der Waals surface area contributed by atoms with Gasteiger partial charge in [-0.25, -0.2) is 4.98 Å². The van der Waals surface area contributed by atoms with Gasteiger partial charge in [0.1, 0.15) is 5.82 Å². The number of nitrogens with zero attached hydrogens (tertiary/aromatic N) is 3. The highest BCUT2D eigenvalue weighted by Gasteiger charge is 2.39. The number of rotatable bonds is 4. The molecule has 0 saturated heterocycles. The molecule has 5 heteroatoms. The summed E-state index contributed by atoms with van der Waals surface area (Å²) in [5.74, 6) is 3.69. The molecule has 20 heavy (non-hydrogen) atoms. The van der Waals surface area contributed by atoms with Gasteiger partial charge in [-0.3, -0.25) is 0 Å². The van der Waals surface area contributed by atoms with Crippen LogP contribution >= 0.6 is 0 Å². The zero-order valence-electron chi connectivity index (χ0n) is 11.9. The molecule has 2 fully saturated rings. The fraction of sp³-hybridized carbons (Fsp3) is 0.600. The monoisotopic (exact) mass is 274 g/mol. The lowest BCUT2D eigenvalue weighted by atomic mass is 9.88. The molecule has 3 unspecified atom stereocenters. The Balaban J connectivity index is 1.69. The number of anilines is 1. The average Bonchev–Trinajstić information content (AvgIpc) is 3.09. The first kappa shape index (κ1) is 13.2. The van der Waals surface area contributed by atoms with Crippen molar-refractivity contribution in [3.8, 4) is 0 Å². The van der Waals surface area contributed by atoms with E-state index in [4.69, 9.17) is 10.9 Å². The maximum atomic E-state index is 8.75. The largest absolute Gasteiger partial charge is 0.409 e. The SMILES string of the molecule is CN(CC1CC2CCC1C2)c1cc(C(N)=NO)ccn1. The predicted molar refractivity (Wildman–Crippen MR) is 79.0 cm³/mol. The molecule has 1 aromatic heterocycles. The second kappa shape index (κ2) is 5.31. The molecule has 2 aliphatic rings. The Kier molecular flexibility index (Phi) is 3.51. The van der Waals surface area contributed by atoms with E-state index in [0.29, 0.717) is 5.56 Å². The van der Waals surface area contributed by atoms with Crippen LogP contribution in [0.3, 0.4) is 0 Å². The van der Waals surface area contributed by atoms with Crippen LogP contribution in [-0.2, 0) is 0 Å². The predicted octanol–water partition coefficient (Wildman–Crippen LogP) is 2.05. The molecule has 0 aliphatic heterocycles. The Labute approximate surface area is 119 Å². The van der Waals surface area contributed by atoms with Crippen molar-refractivity contribution in [1.29, 1.82) is 0 Å². The topological polar surface area (TPSA) is 74.7 Å². The van der Waals surface area contributed by atoms with Crippen molar-refractivity contribution < 1.29 is 5.21 Å². The number of oxime groups is 1. The quantitative estimate of drug-likeness (QED) is 0.381. The molecule has 0 radical (unpaired) electrons. The summed E-state index contributed by atoms with van der Waals surface area (Å²) in [6.45, 7) is 1.05. The fourth-order valence-electron chi connectivity index (χ4n) is 3.89. The average molecular weight is 274 g/mol. The molecule has 2 bridgehead atoms. The summed E-state index contributed by atoms with van der Waals surface area (Å²) >= 11 is 0. The molecule has 0 spiro atoms. The van der Waals surface area contributed by atoms with Gasteiger partial charge in [0.2, 0.25) is 0 Å². The van der Waals surface area contributed by atoms with E-state index in [1.807, 2.05) is 6.07 Å². The van der Waals surface area contributed by atoms with Crippen molar-refractivity contribution in [1.82, 2.24) is 4.98 Å². The zero-order chi connectivity index (χ0) is 14.1. The molecule has 0 amide bonds. The van der Waals surface area contributed by atoms with E-state index in [0.717, 1.165) is 30.1 Å². The molecule has 0 aromatic carbocycles. The first-order valence-electron chi connectivity index (χ1n) is 7.32. The van der Waals surface area contributed by atoms with Crippen LogP contribution in [-0.4, -0.2) is 29.6 Å². The number of hydrogen-bond acceptors (Lipinski definition) is 4. The van der Waals surface area contributed by atoms with Crippen molar-refractivity contribution >= 4 is 11.7 Å². The van der Waals surface area contributed by atoms with Gasteiger partial charge in [0.25, 0.3) is 0 Å². The van der Waals surface area contributed by atoms with Crippen LogP contribution in [0.5, 0.6) is 0 Å². The van der Waals surface area contributed by atoms with Gasteiger partial charge in [0.15, 0.2) is 5.84 Å². The Morgan fingerprint density at radius 3 is 3.00 bits per heavy atom. The van der Waals surface area contributed by atoms with Crippen molar-refractivity contribution in [2.24, 2.45) is 28.6 Å². The highest BCUT2D eigenvalue weighted by molar-refractivity contribution is 5.97. The van der Waals surface area contributed by atoms with Gasteiger partial charge in [-0.15, -0.1) is 0 Å². The number of pyridine rings is 1. The van der Waals surface area contributed by atoms with Gasteiger partial charge >= 0.3 is 0 Å². The molecule has 3 atom stereocenters. The van der Waals surface area contributed by atoms with Gasteiger partial charge < -0.3 is 15.8 Å². The number of fused-ring (bicyclic) bond motifs is 2. The lowest BCUT2D eigenvalue weighted by Crippen LogP contribution is -2.29. The van der Waals surface area contributed by atoms with Gasteiger partial charge in [-0.2, -0.15) is 0 Å². The third kappa shape index (κ3) is 2.44. The summed E-state index contributed by atoms with van der Waals surface area (Å²) in [6, 6.07) is 3.63. The lowest BCUT2D eigenvalue weighted by molar-refractivity contribution is 0.318. The molecule has 1 aromatic rings. The lowest BCUT2D eigenvalue weighted by Gasteiger charge is -2.28. The van der Waals surface area contributed by atoms with Crippen LogP contribution in [0.1, 0.15) is 31.2 Å². The minimum Gasteiger partial charge on any atom is -0.409 e. The first-order valence-corrected chi connectivity index (χ1v) is 7.32. The summed E-state index contributed by atoms with van der Waals surface area (Å²) in [7, 11) is 2.07. The van der Waals surface area contributed by atoms with Gasteiger partial charge in [0.05, 0.1) is 0 Å². The van der Waals surface area contributed by atoms with E-state index in [1.54, 1.807) is 12.3 Å². The Bertz CT molecular complexity index is 516. The molecule has 2 saturated carbocycles. The smallest absolute Gasteiger partial charge is 0.170 e. The maximum Gasteiger partial charge on any atom is 0.170 e. The molecule has 3 N–H and O–H groups in total. The van der Waals surface area contributed by atoms with E-state index in [2.05, 4.69) is 22.1 Å². The molecule has 5 nitrogen and oxygen atoms in total. The molecular weight excluding hydrogens is 252 g/mol. The van der Waals surface area contributed by atoms with Crippen LogP contribution in [0.15, 0.2) is 23.5 Å². The molecule has 1 heterocycles. The highest BCUT2D eigenvalue weighted by Crippen LogP contribution is 2.48. The fourth-order valence-corrected chi connectivity index (χ4v) is 3.89. The number of aromatic nitrogens is 1. The summed E-state index contributed by atoms with van der Waals surface area (Å²) in [4.78, 5) is 6.59. The zero-order valence-corrected chi connectivity index (χ0v) is 11.9. The first-order chi connectivity index (χ1) is 9.67. The van der Waals surface area contributed by atoms with Crippen molar-refractivity contribution in [3.05, 3.63) is 23.9 Å². The van der Waals surface area contributed by atoms with E-state index < -0.39 is 0 Å². The Morgan fingerprint density at radius 1 is 1.50 bits per heavy atom. The van der Waals surface area contributed by atoms with Crippen molar-refractivity contribution in [2.75, 3.05) is 18.5 Å². The summed E-state index contributed by atoms with van der Waals surface area (Å²) in [6.07, 6.45) is 7.34. The standard InChI is InChI=1S/C15H22N4O/c1-19(9-13-7-10-2-3-11(13)6-10)14-8-12(4-5-17-14)15(16)18-20/h4-5,8,10-11,13,20H,2-3,6-7,9H2,1H3,(H2,16,18). The van der Waals surface area contributed by atoms with Crippen LogP contribution in [0.25, 0.3) is 0 Å². The van der Waals surface area contributed by atoms with E-state index in [9.17, 15) is 0 Å². The van der Waals surface area contributed by atoms with E-state index >= 15 is 0 Å². The minimum absolute atomic E-state index is 0.127. The maximum absolute atomic E-state index is 8.75. The third-order valence-corrected chi connectivity index (χ3v) is 4.93. The van der Waals surface area contributed by atoms with Gasteiger partial charge in [-0.05, 0) is 49.1 Å². The van der Waals surface area contributed by atoms with E-state index in [-0.39, 0.29) is 5.84 Å². The molecule has 3 rings (SSSR count). The van der Waals surface area contributed by atoms with Crippen LogP contribution in [0, 0.1) is 17.8 Å². The second-order valence-electron chi connectivity index (χ2n) is 6.20. The Hall–Kier alpha value is -1.78. The minimum atomic E-state index is 0.127. The molecule has 108 valence electrons. The van der Waals surface area contributed by atoms with E-state index in [1.165, 1.54) is 25.7 Å².